The zero-order valence-electron chi connectivity index (χ0n) is 25.6. The molecule has 0 N–H and O–H groups in total. The maximum atomic E-state index is 13.4. The molecule has 0 bridgehead atoms. The van der Waals surface area contributed by atoms with E-state index in [1.54, 1.807) is 0 Å². The van der Waals surface area contributed by atoms with E-state index in [1.165, 1.54) is 17.2 Å². The number of alkyl halides is 3. The Labute approximate surface area is 238 Å². The van der Waals surface area contributed by atoms with E-state index in [4.69, 9.17) is 14.1 Å². The van der Waals surface area contributed by atoms with Crippen molar-refractivity contribution < 1.29 is 22.3 Å². The van der Waals surface area contributed by atoms with E-state index in [-0.39, 0.29) is 22.5 Å². The van der Waals surface area contributed by atoms with Crippen molar-refractivity contribution in [2.75, 3.05) is 0 Å². The van der Waals surface area contributed by atoms with Crippen LogP contribution >= 0.6 is 0 Å². The lowest BCUT2D eigenvalue weighted by molar-refractivity contribution is -0.137. The van der Waals surface area contributed by atoms with E-state index < -0.39 is 31.8 Å². The Morgan fingerprint density at radius 3 is 2.23 bits per heavy atom. The minimum absolute atomic E-state index is 0.0339. The van der Waals surface area contributed by atoms with Gasteiger partial charge in [0, 0.05) is 28.7 Å². The van der Waals surface area contributed by atoms with Crippen molar-refractivity contribution in [2.45, 2.75) is 135 Å². The summed E-state index contributed by atoms with van der Waals surface area (Å²) in [4.78, 5) is 9.69. The van der Waals surface area contributed by atoms with Gasteiger partial charge < -0.3 is 9.16 Å². The van der Waals surface area contributed by atoms with Gasteiger partial charge in [-0.05, 0) is 72.8 Å². The first-order valence-corrected chi connectivity index (χ1v) is 17.7. The van der Waals surface area contributed by atoms with Crippen LogP contribution in [0.1, 0.15) is 138 Å². The summed E-state index contributed by atoms with van der Waals surface area (Å²) < 4.78 is 54.4. The SMILES string of the molecule is CC(C)c1nc2c(c3c1[C@@H](c1ccc(C(F)(F)F)cn1)OC31CCCC1)[C@@H](O[Si](C)(C)C(C)(C)C)CC(C)(C)C2. The van der Waals surface area contributed by atoms with Crippen LogP contribution in [0.3, 0.4) is 0 Å². The molecule has 1 spiro atoms. The third-order valence-electron chi connectivity index (χ3n) is 9.73. The Balaban J connectivity index is 1.75. The van der Waals surface area contributed by atoms with Crippen LogP contribution in [0.5, 0.6) is 0 Å². The minimum Gasteiger partial charge on any atom is -0.410 e. The normalized spacial score (nSPS) is 24.0. The predicted molar refractivity (Wildman–Crippen MR) is 154 cm³/mol. The van der Waals surface area contributed by atoms with E-state index in [9.17, 15) is 13.2 Å². The smallest absolute Gasteiger partial charge is 0.410 e. The summed E-state index contributed by atoms with van der Waals surface area (Å²) in [6, 6.07) is 2.61. The molecule has 8 heteroatoms. The average molecular weight is 575 g/mol. The molecular weight excluding hydrogens is 529 g/mol. The van der Waals surface area contributed by atoms with Gasteiger partial charge in [-0.3, -0.25) is 9.97 Å². The van der Waals surface area contributed by atoms with Gasteiger partial charge in [-0.25, -0.2) is 0 Å². The highest BCUT2D eigenvalue weighted by atomic mass is 28.4. The minimum atomic E-state index is -4.43. The van der Waals surface area contributed by atoms with Crippen LogP contribution in [0.15, 0.2) is 18.3 Å². The van der Waals surface area contributed by atoms with Crippen molar-refractivity contribution in [1.29, 1.82) is 0 Å². The molecule has 2 atom stereocenters. The van der Waals surface area contributed by atoms with Crippen molar-refractivity contribution in [2.24, 2.45) is 5.41 Å². The number of hydrogen-bond donors (Lipinski definition) is 0. The molecule has 1 fully saturated rings. The van der Waals surface area contributed by atoms with Gasteiger partial charge in [-0.1, -0.05) is 61.3 Å². The van der Waals surface area contributed by atoms with Gasteiger partial charge in [-0.2, -0.15) is 13.2 Å². The molecule has 5 rings (SSSR count). The Morgan fingerprint density at radius 2 is 1.70 bits per heavy atom. The summed E-state index contributed by atoms with van der Waals surface area (Å²) in [5, 5.41) is 0.0530. The van der Waals surface area contributed by atoms with Gasteiger partial charge in [0.15, 0.2) is 8.32 Å². The largest absolute Gasteiger partial charge is 0.417 e. The summed E-state index contributed by atoms with van der Waals surface area (Å²) in [6.45, 7) is 20.3. The van der Waals surface area contributed by atoms with Crippen LogP contribution in [-0.4, -0.2) is 18.3 Å². The molecule has 3 heterocycles. The van der Waals surface area contributed by atoms with E-state index in [2.05, 4.69) is 66.5 Å². The predicted octanol–water partition coefficient (Wildman–Crippen LogP) is 9.54. The van der Waals surface area contributed by atoms with E-state index in [0.29, 0.717) is 5.69 Å². The number of nitrogens with zero attached hydrogens (tertiary/aromatic N) is 2. The van der Waals surface area contributed by atoms with Gasteiger partial charge in [0.25, 0.3) is 0 Å². The Bertz CT molecular complexity index is 1270. The highest BCUT2D eigenvalue weighted by Crippen LogP contribution is 2.60. The molecule has 40 heavy (non-hydrogen) atoms. The van der Waals surface area contributed by atoms with Gasteiger partial charge in [0.2, 0.25) is 0 Å². The first-order valence-electron chi connectivity index (χ1n) is 14.8. The van der Waals surface area contributed by atoms with Gasteiger partial charge in [0.05, 0.1) is 23.0 Å². The Morgan fingerprint density at radius 1 is 1.05 bits per heavy atom. The molecule has 1 aliphatic heterocycles. The summed E-state index contributed by atoms with van der Waals surface area (Å²) in [7, 11) is -2.14. The standard InChI is InChI=1S/C32H45F3N2O2Si/c1-19(2)27-25-26(24-22(37-27)16-30(6,7)17-23(24)39-40(8,9)29(3,4)5)31(14-10-11-15-31)38-28(25)21-13-12-20(18-36-21)32(33,34)35/h12-13,18-19,23,28H,10-11,14-17H2,1-9H3/t23-,28+/m0/s1. The van der Waals surface area contributed by atoms with Crippen molar-refractivity contribution in [3.8, 4) is 0 Å². The fraction of sp³-hybridized carbons (Fsp3) is 0.688. The molecule has 0 aromatic carbocycles. The van der Waals surface area contributed by atoms with E-state index in [1.807, 2.05) is 0 Å². The number of fused-ring (bicyclic) bond motifs is 4. The lowest BCUT2D eigenvalue weighted by Crippen LogP contribution is -2.44. The lowest BCUT2D eigenvalue weighted by atomic mass is 9.70. The second-order valence-electron chi connectivity index (χ2n) is 14.9. The maximum absolute atomic E-state index is 13.4. The lowest BCUT2D eigenvalue weighted by Gasteiger charge is -2.45. The molecular formula is C32H45F3N2O2Si. The van der Waals surface area contributed by atoms with E-state index >= 15 is 0 Å². The highest BCUT2D eigenvalue weighted by molar-refractivity contribution is 6.74. The third kappa shape index (κ3) is 5.06. The van der Waals surface area contributed by atoms with Gasteiger partial charge in [0.1, 0.15) is 6.10 Å². The number of rotatable bonds is 4. The summed E-state index contributed by atoms with van der Waals surface area (Å²) in [5.74, 6) is 0.126. The molecule has 3 aliphatic rings. The van der Waals surface area contributed by atoms with Crippen molar-refractivity contribution >= 4 is 8.32 Å². The maximum Gasteiger partial charge on any atom is 0.417 e. The van der Waals surface area contributed by atoms with Crippen molar-refractivity contribution in [1.82, 2.24) is 9.97 Å². The number of halogens is 3. The number of hydrogen-bond acceptors (Lipinski definition) is 4. The van der Waals surface area contributed by atoms with Gasteiger partial charge >= 0.3 is 6.18 Å². The molecule has 2 aliphatic carbocycles. The van der Waals surface area contributed by atoms with Crippen molar-refractivity contribution in [3.63, 3.8) is 0 Å². The molecule has 0 unspecified atom stereocenters. The summed E-state index contributed by atoms with van der Waals surface area (Å²) in [6.07, 6.45) is 1.52. The molecule has 4 nitrogen and oxygen atoms in total. The molecule has 2 aromatic rings. The second-order valence-corrected chi connectivity index (χ2v) is 19.6. The second kappa shape index (κ2) is 9.63. The first-order chi connectivity index (χ1) is 18.4. The first kappa shape index (κ1) is 29.7. The molecule has 220 valence electrons. The number of aromatic nitrogens is 2. The Kier molecular flexibility index (Phi) is 7.15. The molecule has 0 saturated heterocycles. The van der Waals surface area contributed by atoms with Gasteiger partial charge in [-0.15, -0.1) is 0 Å². The van der Waals surface area contributed by atoms with Crippen LogP contribution in [0.2, 0.25) is 18.1 Å². The zero-order valence-corrected chi connectivity index (χ0v) is 26.6. The van der Waals surface area contributed by atoms with Crippen LogP contribution in [0.4, 0.5) is 13.2 Å². The van der Waals surface area contributed by atoms with Crippen LogP contribution in [0.25, 0.3) is 0 Å². The number of ether oxygens (including phenoxy) is 1. The quantitative estimate of drug-likeness (QED) is 0.341. The number of pyridine rings is 2. The van der Waals surface area contributed by atoms with Crippen molar-refractivity contribution in [3.05, 3.63) is 57.7 Å². The topological polar surface area (TPSA) is 44.2 Å². The summed E-state index contributed by atoms with van der Waals surface area (Å²) in [5.41, 5.74) is 4.83. The fourth-order valence-electron chi connectivity index (χ4n) is 6.72. The Hall–Kier alpha value is -1.77. The third-order valence-corrected chi connectivity index (χ3v) is 14.2. The monoisotopic (exact) mass is 574 g/mol. The van der Waals surface area contributed by atoms with E-state index in [0.717, 1.165) is 67.7 Å². The zero-order chi connectivity index (χ0) is 29.5. The molecule has 2 aromatic heterocycles. The van der Waals surface area contributed by atoms with Crippen LogP contribution in [-0.2, 0) is 27.4 Å². The van der Waals surface area contributed by atoms with Crippen LogP contribution < -0.4 is 0 Å². The molecule has 0 radical (unpaired) electrons. The average Bonchev–Trinajstić information content (AvgIpc) is 3.41. The fourth-order valence-corrected chi connectivity index (χ4v) is 7.98. The summed E-state index contributed by atoms with van der Waals surface area (Å²) >= 11 is 0. The van der Waals surface area contributed by atoms with Crippen LogP contribution in [0, 0.1) is 5.41 Å². The molecule has 0 amide bonds. The molecule has 1 saturated carbocycles. The highest BCUT2D eigenvalue weighted by Gasteiger charge is 2.54.